The van der Waals surface area contributed by atoms with Crippen molar-refractivity contribution in [1.82, 2.24) is 4.98 Å². The molecule has 0 radical (unpaired) electrons. The fourth-order valence-corrected chi connectivity index (χ4v) is 2.65. The van der Waals surface area contributed by atoms with Crippen molar-refractivity contribution in [3.8, 4) is 11.5 Å². The lowest BCUT2D eigenvalue weighted by Gasteiger charge is -2.11. The molecule has 0 unspecified atom stereocenters. The number of hydrogen-bond acceptors (Lipinski definition) is 3. The first-order valence-corrected chi connectivity index (χ1v) is 7.79. The monoisotopic (exact) mass is 359 g/mol. The van der Waals surface area contributed by atoms with E-state index in [1.54, 1.807) is 14.2 Å². The molecule has 0 spiro atoms. The first kappa shape index (κ1) is 21.8. The van der Waals surface area contributed by atoms with Crippen LogP contribution in [0.15, 0.2) is 24.4 Å². The summed E-state index contributed by atoms with van der Waals surface area (Å²) in [5, 5.41) is 2.33. The number of aromatic nitrogens is 1. The van der Waals surface area contributed by atoms with Crippen LogP contribution in [0.2, 0.25) is 0 Å². The number of benzene rings is 1. The zero-order chi connectivity index (χ0) is 15.1. The van der Waals surface area contributed by atoms with Crippen molar-refractivity contribution in [2.75, 3.05) is 14.2 Å². The predicted octanol–water partition coefficient (Wildman–Crippen LogP) is 5.61. The van der Waals surface area contributed by atoms with E-state index in [0.717, 1.165) is 29.0 Å². The molecular formula is C18H27Cl2NO2. The van der Waals surface area contributed by atoms with Crippen LogP contribution in [-0.2, 0) is 6.42 Å². The molecule has 2 rings (SSSR count). The number of methoxy groups -OCH3 is 2. The molecule has 0 fully saturated rings. The van der Waals surface area contributed by atoms with Gasteiger partial charge in [0.1, 0.15) is 0 Å². The molecule has 0 aliphatic rings. The molecule has 0 saturated heterocycles. The molecule has 23 heavy (non-hydrogen) atoms. The van der Waals surface area contributed by atoms with Gasteiger partial charge >= 0.3 is 0 Å². The highest BCUT2D eigenvalue weighted by Crippen LogP contribution is 2.33. The van der Waals surface area contributed by atoms with Crippen LogP contribution < -0.4 is 9.47 Å². The minimum Gasteiger partial charge on any atom is -0.493 e. The molecule has 1 heterocycles. The Morgan fingerprint density at radius 1 is 0.913 bits per heavy atom. The SMILES string of the molecule is CCCCCCCc1nccc2cc(OC)c(OC)cc12.Cl.Cl. The zero-order valence-electron chi connectivity index (χ0n) is 14.1. The lowest BCUT2D eigenvalue weighted by Crippen LogP contribution is -1.95. The van der Waals surface area contributed by atoms with E-state index in [-0.39, 0.29) is 24.8 Å². The maximum absolute atomic E-state index is 5.40. The third-order valence-electron chi connectivity index (χ3n) is 3.87. The Kier molecular flexibility index (Phi) is 10.8. The van der Waals surface area contributed by atoms with E-state index < -0.39 is 0 Å². The number of hydrogen-bond donors (Lipinski definition) is 0. The molecule has 1 aromatic carbocycles. The molecule has 0 aliphatic carbocycles. The van der Waals surface area contributed by atoms with E-state index in [0.29, 0.717) is 0 Å². The minimum absolute atomic E-state index is 0. The maximum Gasteiger partial charge on any atom is 0.161 e. The van der Waals surface area contributed by atoms with Gasteiger partial charge in [0.15, 0.2) is 11.5 Å². The molecule has 0 atom stereocenters. The van der Waals surface area contributed by atoms with E-state index in [9.17, 15) is 0 Å². The van der Waals surface area contributed by atoms with Crippen LogP contribution >= 0.6 is 24.8 Å². The van der Waals surface area contributed by atoms with Crippen LogP contribution in [0.3, 0.4) is 0 Å². The zero-order valence-corrected chi connectivity index (χ0v) is 15.8. The highest BCUT2D eigenvalue weighted by Gasteiger charge is 2.09. The fraction of sp³-hybridized carbons (Fsp3) is 0.500. The highest BCUT2D eigenvalue weighted by molar-refractivity contribution is 5.88. The molecular weight excluding hydrogens is 333 g/mol. The maximum atomic E-state index is 5.40. The lowest BCUT2D eigenvalue weighted by molar-refractivity contribution is 0.356. The Labute approximate surface area is 151 Å². The Hall–Kier alpha value is -1.19. The largest absolute Gasteiger partial charge is 0.493 e. The van der Waals surface area contributed by atoms with Crippen LogP contribution in [0.4, 0.5) is 0 Å². The lowest BCUT2D eigenvalue weighted by atomic mass is 10.0. The molecule has 0 saturated carbocycles. The van der Waals surface area contributed by atoms with E-state index in [4.69, 9.17) is 9.47 Å². The first-order chi connectivity index (χ1) is 10.3. The van der Waals surface area contributed by atoms with Crippen LogP contribution in [0.5, 0.6) is 11.5 Å². The number of nitrogens with zero attached hydrogens (tertiary/aromatic N) is 1. The van der Waals surface area contributed by atoms with Crippen LogP contribution in [-0.4, -0.2) is 19.2 Å². The van der Waals surface area contributed by atoms with Crippen molar-refractivity contribution >= 4 is 35.6 Å². The van der Waals surface area contributed by atoms with Gasteiger partial charge in [-0.15, -0.1) is 24.8 Å². The van der Waals surface area contributed by atoms with Crippen molar-refractivity contribution in [3.63, 3.8) is 0 Å². The van der Waals surface area contributed by atoms with Gasteiger partial charge in [-0.2, -0.15) is 0 Å². The third kappa shape index (κ3) is 5.74. The number of pyridine rings is 1. The number of halogens is 2. The Morgan fingerprint density at radius 3 is 2.22 bits per heavy atom. The Bertz CT molecular complexity index is 590. The fourth-order valence-electron chi connectivity index (χ4n) is 2.65. The Balaban J connectivity index is 0.00000242. The van der Waals surface area contributed by atoms with Crippen LogP contribution in [0.1, 0.15) is 44.7 Å². The second-order valence-electron chi connectivity index (χ2n) is 5.35. The van der Waals surface area contributed by atoms with Crippen molar-refractivity contribution in [3.05, 3.63) is 30.1 Å². The average molecular weight is 360 g/mol. The predicted molar refractivity (Wildman–Crippen MR) is 102 cm³/mol. The summed E-state index contributed by atoms with van der Waals surface area (Å²) >= 11 is 0. The van der Waals surface area contributed by atoms with Gasteiger partial charge in [0.25, 0.3) is 0 Å². The van der Waals surface area contributed by atoms with Gasteiger partial charge in [0.05, 0.1) is 14.2 Å². The molecule has 0 N–H and O–H groups in total. The van der Waals surface area contributed by atoms with E-state index >= 15 is 0 Å². The molecule has 1 aromatic heterocycles. The van der Waals surface area contributed by atoms with Crippen molar-refractivity contribution in [1.29, 1.82) is 0 Å². The molecule has 5 heteroatoms. The molecule has 0 aliphatic heterocycles. The van der Waals surface area contributed by atoms with Crippen molar-refractivity contribution in [2.45, 2.75) is 45.4 Å². The average Bonchev–Trinajstić information content (AvgIpc) is 2.53. The van der Waals surface area contributed by atoms with Gasteiger partial charge in [-0.05, 0) is 36.4 Å². The van der Waals surface area contributed by atoms with Gasteiger partial charge in [0.2, 0.25) is 0 Å². The summed E-state index contributed by atoms with van der Waals surface area (Å²) in [6.45, 7) is 2.24. The van der Waals surface area contributed by atoms with Gasteiger partial charge < -0.3 is 9.47 Å². The summed E-state index contributed by atoms with van der Waals surface area (Å²) in [7, 11) is 3.34. The van der Waals surface area contributed by atoms with Crippen LogP contribution in [0, 0.1) is 0 Å². The van der Waals surface area contributed by atoms with Gasteiger partial charge in [-0.25, -0.2) is 0 Å². The smallest absolute Gasteiger partial charge is 0.161 e. The molecule has 3 nitrogen and oxygen atoms in total. The summed E-state index contributed by atoms with van der Waals surface area (Å²) < 4.78 is 10.8. The van der Waals surface area contributed by atoms with Gasteiger partial charge in [-0.3, -0.25) is 4.98 Å². The number of fused-ring (bicyclic) bond motifs is 1. The number of unbranched alkanes of at least 4 members (excludes halogenated alkanes) is 4. The summed E-state index contributed by atoms with van der Waals surface area (Å²) in [6.07, 6.45) is 9.31. The number of rotatable bonds is 8. The summed E-state index contributed by atoms with van der Waals surface area (Å²) in [5.41, 5.74) is 1.16. The summed E-state index contributed by atoms with van der Waals surface area (Å²) in [6, 6.07) is 6.09. The second kappa shape index (κ2) is 11.4. The van der Waals surface area contributed by atoms with Gasteiger partial charge in [-0.1, -0.05) is 32.6 Å². The molecule has 0 amide bonds. The summed E-state index contributed by atoms with van der Waals surface area (Å²) in [4.78, 5) is 4.56. The third-order valence-corrected chi connectivity index (χ3v) is 3.87. The van der Waals surface area contributed by atoms with E-state index in [2.05, 4.69) is 11.9 Å². The molecule has 130 valence electrons. The normalized spacial score (nSPS) is 9.87. The van der Waals surface area contributed by atoms with Crippen molar-refractivity contribution in [2.24, 2.45) is 0 Å². The van der Waals surface area contributed by atoms with Crippen molar-refractivity contribution < 1.29 is 9.47 Å². The quantitative estimate of drug-likeness (QED) is 0.574. The van der Waals surface area contributed by atoms with E-state index in [1.165, 1.54) is 37.5 Å². The minimum atomic E-state index is 0. The number of ether oxygens (including phenoxy) is 2. The Morgan fingerprint density at radius 2 is 1.57 bits per heavy atom. The second-order valence-corrected chi connectivity index (χ2v) is 5.35. The molecule has 2 aromatic rings. The summed E-state index contributed by atoms with van der Waals surface area (Å²) in [5.74, 6) is 1.54. The topological polar surface area (TPSA) is 31.4 Å². The highest BCUT2D eigenvalue weighted by atomic mass is 35.5. The number of aryl methyl sites for hydroxylation is 1. The van der Waals surface area contributed by atoms with Crippen LogP contribution in [0.25, 0.3) is 10.8 Å². The standard InChI is InChI=1S/C18H25NO2.2ClH/c1-4-5-6-7-8-9-16-15-13-18(21-3)17(20-2)12-14(15)10-11-19-16;;/h10-13H,4-9H2,1-3H3;2*1H. The first-order valence-electron chi connectivity index (χ1n) is 7.79. The van der Waals surface area contributed by atoms with E-state index in [1.807, 2.05) is 24.4 Å². The van der Waals surface area contributed by atoms with Gasteiger partial charge in [0, 0.05) is 17.3 Å². The molecule has 0 bridgehead atoms.